The third-order valence-corrected chi connectivity index (χ3v) is 10.3. The highest BCUT2D eigenvalue weighted by Crippen LogP contribution is 2.45. The summed E-state index contributed by atoms with van der Waals surface area (Å²) >= 11 is 0. The first-order chi connectivity index (χ1) is 27.2. The Labute approximate surface area is 320 Å². The molecular formula is C49H40N6. The highest BCUT2D eigenvalue weighted by Gasteiger charge is 2.32. The molecule has 10 rings (SSSR count). The van der Waals surface area contributed by atoms with Crippen LogP contribution in [0.4, 0.5) is 11.6 Å². The van der Waals surface area contributed by atoms with Crippen molar-refractivity contribution in [2.24, 2.45) is 5.73 Å². The maximum Gasteiger partial charge on any atom is 0.142 e. The van der Waals surface area contributed by atoms with Gasteiger partial charge in [0.25, 0.3) is 0 Å². The van der Waals surface area contributed by atoms with Gasteiger partial charge in [-0.1, -0.05) is 116 Å². The molecule has 0 fully saturated rings. The van der Waals surface area contributed by atoms with Crippen LogP contribution >= 0.6 is 0 Å². The predicted molar refractivity (Wildman–Crippen MR) is 231 cm³/mol. The summed E-state index contributed by atoms with van der Waals surface area (Å²) in [4.78, 5) is 7.93. The second-order valence-electron chi connectivity index (χ2n) is 13.5. The molecular weight excluding hydrogens is 673 g/mol. The summed E-state index contributed by atoms with van der Waals surface area (Å²) in [7, 11) is 0. The van der Waals surface area contributed by atoms with Crippen molar-refractivity contribution in [3.8, 4) is 17.2 Å². The molecule has 1 aliphatic carbocycles. The average molecular weight is 713 g/mol. The number of rotatable bonds is 6. The third-order valence-electron chi connectivity index (χ3n) is 10.3. The van der Waals surface area contributed by atoms with E-state index in [1.54, 1.807) is 18.4 Å². The Balaban J connectivity index is 0.000000949. The summed E-state index contributed by atoms with van der Waals surface area (Å²) in [6.07, 6.45) is 19.2. The summed E-state index contributed by atoms with van der Waals surface area (Å²) in [5.41, 5.74) is 17.2. The summed E-state index contributed by atoms with van der Waals surface area (Å²) in [6, 6.07) is 45.4. The van der Waals surface area contributed by atoms with E-state index in [1.807, 2.05) is 6.08 Å². The first-order valence-corrected chi connectivity index (χ1v) is 18.5. The van der Waals surface area contributed by atoms with Crippen LogP contribution in [0.5, 0.6) is 0 Å². The van der Waals surface area contributed by atoms with Gasteiger partial charge >= 0.3 is 0 Å². The summed E-state index contributed by atoms with van der Waals surface area (Å²) in [6.45, 7) is 6.72. The van der Waals surface area contributed by atoms with Crippen LogP contribution in [0.2, 0.25) is 0 Å². The van der Waals surface area contributed by atoms with Gasteiger partial charge in [0.15, 0.2) is 0 Å². The number of para-hydroxylation sites is 4. The maximum atomic E-state index is 5.92. The van der Waals surface area contributed by atoms with Crippen molar-refractivity contribution in [2.45, 2.75) is 12.8 Å². The van der Waals surface area contributed by atoms with Crippen LogP contribution in [-0.4, -0.2) is 18.7 Å². The molecule has 0 amide bonds. The molecule has 4 aromatic heterocycles. The molecule has 2 aliphatic rings. The van der Waals surface area contributed by atoms with Crippen molar-refractivity contribution in [2.75, 3.05) is 4.90 Å². The van der Waals surface area contributed by atoms with Crippen molar-refractivity contribution < 1.29 is 0 Å². The number of benzene rings is 4. The number of allylic oxidation sites excluding steroid dienone is 8. The Morgan fingerprint density at radius 1 is 0.636 bits per heavy atom. The number of hydrogen-bond acceptors (Lipinski definition) is 3. The number of hydrogen-bond donors (Lipinski definition) is 1. The zero-order valence-corrected chi connectivity index (χ0v) is 30.5. The molecule has 5 heterocycles. The van der Waals surface area contributed by atoms with Crippen LogP contribution in [0.25, 0.3) is 56.1 Å². The van der Waals surface area contributed by atoms with E-state index in [2.05, 4.69) is 190 Å². The Bertz CT molecular complexity index is 2850. The van der Waals surface area contributed by atoms with Gasteiger partial charge in [0.2, 0.25) is 0 Å². The summed E-state index contributed by atoms with van der Waals surface area (Å²) in [5, 5.41) is 2.28. The van der Waals surface area contributed by atoms with Gasteiger partial charge in [-0.25, -0.2) is 4.98 Å². The molecule has 6 heteroatoms. The monoisotopic (exact) mass is 712 g/mol. The van der Waals surface area contributed by atoms with E-state index in [1.165, 1.54) is 16.6 Å². The summed E-state index contributed by atoms with van der Waals surface area (Å²) in [5.74, 6) is 3.07. The fourth-order valence-corrected chi connectivity index (χ4v) is 7.93. The van der Waals surface area contributed by atoms with E-state index < -0.39 is 0 Å². The lowest BCUT2D eigenvalue weighted by Crippen LogP contribution is -2.16. The Morgan fingerprint density at radius 3 is 2.07 bits per heavy atom. The topological polar surface area (TPSA) is 56.9 Å². The highest BCUT2D eigenvalue weighted by atomic mass is 15.3. The lowest BCUT2D eigenvalue weighted by atomic mass is 10.1. The van der Waals surface area contributed by atoms with Crippen molar-refractivity contribution in [3.05, 3.63) is 212 Å². The molecule has 0 atom stereocenters. The van der Waals surface area contributed by atoms with Gasteiger partial charge in [-0.05, 0) is 91.0 Å². The van der Waals surface area contributed by atoms with Gasteiger partial charge in [-0.15, -0.1) is 0 Å². The van der Waals surface area contributed by atoms with E-state index in [4.69, 9.17) is 10.7 Å². The van der Waals surface area contributed by atoms with Crippen molar-refractivity contribution in [3.63, 3.8) is 0 Å². The normalized spacial score (nSPS) is 14.0. The fourth-order valence-electron chi connectivity index (χ4n) is 7.93. The lowest BCUT2D eigenvalue weighted by Gasteiger charge is -2.23. The number of aromatic nitrogens is 4. The van der Waals surface area contributed by atoms with Gasteiger partial charge < -0.3 is 5.73 Å². The number of anilines is 2. The van der Waals surface area contributed by atoms with Crippen molar-refractivity contribution in [1.29, 1.82) is 0 Å². The number of nitrogens with two attached hydrogens (primary N) is 1. The van der Waals surface area contributed by atoms with Crippen LogP contribution in [-0.2, 0) is 12.8 Å². The zero-order valence-electron chi connectivity index (χ0n) is 30.5. The molecule has 2 N–H and O–H groups in total. The minimum absolute atomic E-state index is 0.712. The molecule has 55 heavy (non-hydrogen) atoms. The largest absolute Gasteiger partial charge is 0.405 e. The first kappa shape index (κ1) is 33.5. The number of pyridine rings is 1. The molecule has 0 saturated carbocycles. The third kappa shape index (κ3) is 5.72. The van der Waals surface area contributed by atoms with Crippen LogP contribution in [0.1, 0.15) is 16.8 Å². The van der Waals surface area contributed by atoms with Gasteiger partial charge in [-0.3, -0.25) is 18.6 Å². The smallest absolute Gasteiger partial charge is 0.142 e. The standard InChI is InChI=1S/C45H34N6.C4H6/c46-26-14-21-36-27-33-28-41-44(47-45(33)50(36)42-29-32-16-10-12-24-39(32)48(42)34-17-5-2-6-18-34)37-22-11-13-25-40(37)51(41)43-30-31-15-4-1-9-23-38(31)49(43)35-19-7-3-8-20-35;1-3-4-2/h1-14,16-26,28-30H,15,27,46H2;3-4H,1-2H2/b26-14-,36-21+;. The Morgan fingerprint density at radius 2 is 1.33 bits per heavy atom. The second kappa shape index (κ2) is 14.3. The molecule has 266 valence electrons. The van der Waals surface area contributed by atoms with E-state index in [-0.39, 0.29) is 0 Å². The first-order valence-electron chi connectivity index (χ1n) is 18.5. The van der Waals surface area contributed by atoms with Gasteiger partial charge in [0.05, 0.1) is 27.8 Å². The minimum Gasteiger partial charge on any atom is -0.405 e. The Hall–Kier alpha value is -7.31. The molecule has 8 aromatic rings. The SMILES string of the molecule is C=CC=C.N/C=C\C=C1/Cc2cc3c(nc2N1c1cc2ccccc2n1-c1ccccc1)c1ccccc1n3-c1cc2c(n1-c1ccccc1)C=CC=CC2. The van der Waals surface area contributed by atoms with Crippen LogP contribution < -0.4 is 10.6 Å². The minimum atomic E-state index is 0.712. The quantitative estimate of drug-likeness (QED) is 0.175. The average Bonchev–Trinajstić information content (AvgIpc) is 3.94. The molecule has 0 bridgehead atoms. The fraction of sp³-hybridized carbons (Fsp3) is 0.0408. The van der Waals surface area contributed by atoms with E-state index in [0.717, 1.165) is 74.0 Å². The lowest BCUT2D eigenvalue weighted by molar-refractivity contribution is 0.963. The second-order valence-corrected chi connectivity index (χ2v) is 13.5. The molecule has 6 nitrogen and oxygen atoms in total. The molecule has 4 aromatic carbocycles. The van der Waals surface area contributed by atoms with Crippen LogP contribution in [0.15, 0.2) is 195 Å². The molecule has 1 aliphatic heterocycles. The van der Waals surface area contributed by atoms with Crippen LogP contribution in [0, 0.1) is 0 Å². The van der Waals surface area contributed by atoms with Crippen molar-refractivity contribution in [1.82, 2.24) is 18.7 Å². The van der Waals surface area contributed by atoms with E-state index >= 15 is 0 Å². The number of nitrogens with zero attached hydrogens (tertiary/aromatic N) is 5. The van der Waals surface area contributed by atoms with E-state index in [0.29, 0.717) is 6.42 Å². The molecule has 0 radical (unpaired) electrons. The molecule has 0 saturated heterocycles. The zero-order chi connectivity index (χ0) is 37.3. The predicted octanol–water partition coefficient (Wildman–Crippen LogP) is 11.4. The highest BCUT2D eigenvalue weighted by molar-refractivity contribution is 6.08. The van der Waals surface area contributed by atoms with E-state index in [9.17, 15) is 0 Å². The van der Waals surface area contributed by atoms with Gasteiger partial charge in [0.1, 0.15) is 17.5 Å². The van der Waals surface area contributed by atoms with Gasteiger partial charge in [-0.2, -0.15) is 0 Å². The van der Waals surface area contributed by atoms with Crippen molar-refractivity contribution >= 4 is 50.6 Å². The maximum absolute atomic E-state index is 5.92. The van der Waals surface area contributed by atoms with Gasteiger partial charge in [0, 0.05) is 39.8 Å². The number of fused-ring (bicyclic) bond motifs is 6. The van der Waals surface area contributed by atoms with Crippen LogP contribution in [0.3, 0.4) is 0 Å². The molecule has 0 unspecified atom stereocenters. The summed E-state index contributed by atoms with van der Waals surface area (Å²) < 4.78 is 7.13. The Kier molecular flexibility index (Phi) is 8.69. The molecule has 0 spiro atoms.